The minimum atomic E-state index is 0.690. The van der Waals surface area contributed by atoms with Gasteiger partial charge in [0.05, 0.1) is 5.52 Å². The van der Waals surface area contributed by atoms with Crippen LogP contribution >= 0.6 is 0 Å². The molecule has 1 aliphatic carbocycles. The Morgan fingerprint density at radius 3 is 2.62 bits per heavy atom. The Labute approximate surface area is 156 Å². The summed E-state index contributed by atoms with van der Waals surface area (Å²) in [5.41, 5.74) is 2.49. The number of benzene rings is 1. The van der Waals surface area contributed by atoms with Crippen LogP contribution in [-0.2, 0) is 0 Å². The van der Waals surface area contributed by atoms with Crippen LogP contribution < -0.4 is 16.0 Å². The highest BCUT2D eigenvalue weighted by molar-refractivity contribution is 5.90. The topological polar surface area (TPSA) is 61.9 Å². The molecule has 26 heavy (non-hydrogen) atoms. The summed E-state index contributed by atoms with van der Waals surface area (Å²) in [5.74, 6) is 3.10. The summed E-state index contributed by atoms with van der Waals surface area (Å²) in [6.45, 7) is 3.25. The van der Waals surface area contributed by atoms with Crippen molar-refractivity contribution in [2.45, 2.75) is 50.9 Å². The fraction of sp³-hybridized carbons (Fsp3) is 0.619. The van der Waals surface area contributed by atoms with Gasteiger partial charge in [0.2, 0.25) is 5.95 Å². The molecule has 2 aliphatic rings. The fourth-order valence-electron chi connectivity index (χ4n) is 4.41. The van der Waals surface area contributed by atoms with Crippen molar-refractivity contribution in [1.82, 2.24) is 15.3 Å². The van der Waals surface area contributed by atoms with E-state index >= 15 is 0 Å². The van der Waals surface area contributed by atoms with E-state index in [1.165, 1.54) is 55.9 Å². The van der Waals surface area contributed by atoms with E-state index in [9.17, 15) is 0 Å². The van der Waals surface area contributed by atoms with Gasteiger partial charge in [-0.15, -0.1) is 0 Å². The van der Waals surface area contributed by atoms with Crippen LogP contribution in [0.4, 0.5) is 11.8 Å². The lowest BCUT2D eigenvalue weighted by Gasteiger charge is -2.24. The van der Waals surface area contributed by atoms with Crippen molar-refractivity contribution in [2.75, 3.05) is 37.3 Å². The molecule has 0 radical (unpaired) electrons. The summed E-state index contributed by atoms with van der Waals surface area (Å²) in [6, 6.07) is 6.80. The van der Waals surface area contributed by atoms with Gasteiger partial charge in [0, 0.05) is 19.0 Å². The molecule has 140 valence electrons. The molecule has 2 aromatic rings. The third kappa shape index (κ3) is 3.93. The number of nitrogens with one attached hydrogen (secondary N) is 3. The van der Waals surface area contributed by atoms with Crippen LogP contribution in [0.5, 0.6) is 0 Å². The first-order valence-corrected chi connectivity index (χ1v) is 10.3. The Hall–Kier alpha value is -1.88. The minimum Gasteiger partial charge on any atom is -0.369 e. The maximum atomic E-state index is 4.74. The highest BCUT2D eigenvalue weighted by Crippen LogP contribution is 2.35. The first-order chi connectivity index (χ1) is 12.8. The fourth-order valence-corrected chi connectivity index (χ4v) is 4.41. The van der Waals surface area contributed by atoms with Gasteiger partial charge in [-0.2, -0.15) is 4.98 Å². The summed E-state index contributed by atoms with van der Waals surface area (Å²) in [7, 11) is 1.88. The van der Waals surface area contributed by atoms with Crippen molar-refractivity contribution in [2.24, 2.45) is 5.92 Å². The van der Waals surface area contributed by atoms with Gasteiger partial charge in [0.1, 0.15) is 5.82 Å². The lowest BCUT2D eigenvalue weighted by atomic mass is 9.84. The van der Waals surface area contributed by atoms with Crippen LogP contribution in [0.25, 0.3) is 10.9 Å². The van der Waals surface area contributed by atoms with E-state index in [1.807, 2.05) is 7.05 Å². The molecular weight excluding hydrogens is 322 g/mol. The van der Waals surface area contributed by atoms with Crippen LogP contribution in [0.15, 0.2) is 18.2 Å². The summed E-state index contributed by atoms with van der Waals surface area (Å²) in [6.07, 6.45) is 9.22. The van der Waals surface area contributed by atoms with Gasteiger partial charge in [-0.3, -0.25) is 0 Å². The molecule has 0 unspecified atom stereocenters. The smallest absolute Gasteiger partial charge is 0.224 e. The largest absolute Gasteiger partial charge is 0.369 e. The SMILES string of the molecule is CNc1nc(NCC2CCNCC2)c2cc(C3CCCCC3)ccc2n1. The predicted octanol–water partition coefficient (Wildman–Crippen LogP) is 4.13. The first kappa shape index (κ1) is 17.5. The molecule has 0 bridgehead atoms. The number of fused-ring (bicyclic) bond motifs is 1. The number of hydrogen-bond acceptors (Lipinski definition) is 5. The lowest BCUT2D eigenvalue weighted by molar-refractivity contribution is 0.389. The average molecular weight is 354 g/mol. The summed E-state index contributed by atoms with van der Waals surface area (Å²) in [5, 5.41) is 11.4. The minimum absolute atomic E-state index is 0.690. The van der Waals surface area contributed by atoms with Crippen LogP contribution in [0, 0.1) is 5.92 Å². The molecule has 1 aromatic carbocycles. The molecule has 1 aromatic heterocycles. The zero-order valence-electron chi connectivity index (χ0n) is 15.9. The van der Waals surface area contributed by atoms with Crippen LogP contribution in [0.2, 0.25) is 0 Å². The number of anilines is 2. The Morgan fingerprint density at radius 2 is 1.85 bits per heavy atom. The van der Waals surface area contributed by atoms with E-state index in [4.69, 9.17) is 4.98 Å². The van der Waals surface area contributed by atoms with Gasteiger partial charge in [-0.1, -0.05) is 25.3 Å². The van der Waals surface area contributed by atoms with Gasteiger partial charge in [0.25, 0.3) is 0 Å². The van der Waals surface area contributed by atoms with E-state index in [1.54, 1.807) is 0 Å². The summed E-state index contributed by atoms with van der Waals surface area (Å²) < 4.78 is 0. The number of nitrogens with zero attached hydrogens (tertiary/aromatic N) is 2. The second kappa shape index (κ2) is 8.21. The van der Waals surface area contributed by atoms with Crippen molar-refractivity contribution < 1.29 is 0 Å². The molecule has 1 saturated carbocycles. The molecule has 4 rings (SSSR count). The molecule has 1 saturated heterocycles. The Morgan fingerprint density at radius 1 is 1.04 bits per heavy atom. The molecule has 5 nitrogen and oxygen atoms in total. The number of rotatable bonds is 5. The monoisotopic (exact) mass is 353 g/mol. The standard InChI is InChI=1S/C21H31N5/c1-22-21-25-19-8-7-17(16-5-3-2-4-6-16)13-18(19)20(26-21)24-14-15-9-11-23-12-10-15/h7-8,13,15-16,23H,2-6,9-12,14H2,1H3,(H2,22,24,25,26). The second-order valence-electron chi connectivity index (χ2n) is 7.83. The van der Waals surface area contributed by atoms with Crippen molar-refractivity contribution in [3.05, 3.63) is 23.8 Å². The molecule has 1 aliphatic heterocycles. The third-order valence-corrected chi connectivity index (χ3v) is 6.04. The zero-order valence-corrected chi connectivity index (χ0v) is 15.9. The lowest BCUT2D eigenvalue weighted by Crippen LogP contribution is -2.31. The van der Waals surface area contributed by atoms with E-state index in [0.29, 0.717) is 11.9 Å². The third-order valence-electron chi connectivity index (χ3n) is 6.04. The number of aromatic nitrogens is 2. The van der Waals surface area contributed by atoms with E-state index in [2.05, 4.69) is 39.1 Å². The normalized spacial score (nSPS) is 19.6. The molecule has 0 atom stereocenters. The van der Waals surface area contributed by atoms with Crippen molar-refractivity contribution in [3.63, 3.8) is 0 Å². The Kier molecular flexibility index (Phi) is 5.54. The maximum Gasteiger partial charge on any atom is 0.224 e. The molecule has 5 heteroatoms. The highest BCUT2D eigenvalue weighted by Gasteiger charge is 2.18. The van der Waals surface area contributed by atoms with Crippen LogP contribution in [0.3, 0.4) is 0 Å². The van der Waals surface area contributed by atoms with Crippen LogP contribution in [0.1, 0.15) is 56.4 Å². The van der Waals surface area contributed by atoms with Gasteiger partial charge in [0.15, 0.2) is 0 Å². The molecule has 2 heterocycles. The Balaban J connectivity index is 1.61. The molecule has 0 spiro atoms. The van der Waals surface area contributed by atoms with Gasteiger partial charge >= 0.3 is 0 Å². The quantitative estimate of drug-likeness (QED) is 0.754. The molecule has 0 amide bonds. The van der Waals surface area contributed by atoms with Gasteiger partial charge in [-0.25, -0.2) is 4.98 Å². The van der Waals surface area contributed by atoms with Crippen LogP contribution in [-0.4, -0.2) is 36.6 Å². The van der Waals surface area contributed by atoms with Crippen molar-refractivity contribution in [3.8, 4) is 0 Å². The second-order valence-corrected chi connectivity index (χ2v) is 7.83. The number of piperidine rings is 1. The van der Waals surface area contributed by atoms with Crippen molar-refractivity contribution in [1.29, 1.82) is 0 Å². The van der Waals surface area contributed by atoms with E-state index in [-0.39, 0.29) is 0 Å². The van der Waals surface area contributed by atoms with Crippen molar-refractivity contribution >= 4 is 22.7 Å². The van der Waals surface area contributed by atoms with Gasteiger partial charge in [-0.05, 0) is 68.3 Å². The molecule has 3 N–H and O–H groups in total. The van der Waals surface area contributed by atoms with E-state index in [0.717, 1.165) is 36.9 Å². The molecular formula is C21H31N5. The first-order valence-electron chi connectivity index (χ1n) is 10.3. The highest BCUT2D eigenvalue weighted by atomic mass is 15.1. The maximum absolute atomic E-state index is 4.74. The average Bonchev–Trinajstić information content (AvgIpc) is 2.72. The molecule has 2 fully saturated rings. The van der Waals surface area contributed by atoms with Gasteiger partial charge < -0.3 is 16.0 Å². The Bertz CT molecular complexity index is 733. The van der Waals surface area contributed by atoms with E-state index < -0.39 is 0 Å². The number of hydrogen-bond donors (Lipinski definition) is 3. The summed E-state index contributed by atoms with van der Waals surface area (Å²) in [4.78, 5) is 9.40. The zero-order chi connectivity index (χ0) is 17.8. The summed E-state index contributed by atoms with van der Waals surface area (Å²) >= 11 is 0. The predicted molar refractivity (Wildman–Crippen MR) is 109 cm³/mol.